The second-order valence-corrected chi connectivity index (χ2v) is 6.10. The Morgan fingerprint density at radius 3 is 2.13 bits per heavy atom. The lowest BCUT2D eigenvalue weighted by Gasteiger charge is -2.34. The maximum absolute atomic E-state index is 7.51. The van der Waals surface area contributed by atoms with Gasteiger partial charge in [0.05, 0.1) is 0 Å². The molecule has 1 fully saturated rings. The Balaban J connectivity index is 2.27. The summed E-state index contributed by atoms with van der Waals surface area (Å²) in [5.74, 6) is 0.778. The van der Waals surface area contributed by atoms with Crippen LogP contribution in [0.25, 0.3) is 0 Å². The molecule has 1 saturated carbocycles. The van der Waals surface area contributed by atoms with E-state index < -0.39 is 0 Å². The second kappa shape index (κ2) is 5.11. The van der Waals surface area contributed by atoms with Gasteiger partial charge >= 0.3 is 0 Å². The number of rotatable bonds is 3. The van der Waals surface area contributed by atoms with Crippen molar-refractivity contribution in [3.05, 3.63) is 0 Å². The maximum Gasteiger partial charge on any atom is 0.00990 e. The highest BCUT2D eigenvalue weighted by Crippen LogP contribution is 2.27. The van der Waals surface area contributed by atoms with Crippen molar-refractivity contribution in [2.75, 3.05) is 0 Å². The van der Waals surface area contributed by atoms with E-state index in [9.17, 15) is 0 Å². The molecule has 0 aromatic rings. The highest BCUT2D eigenvalue weighted by Gasteiger charge is 2.24. The first kappa shape index (κ1) is 12.7. The average molecular weight is 210 g/mol. The molecule has 15 heavy (non-hydrogen) atoms. The largest absolute Gasteiger partial charge is 0.310 e. The van der Waals surface area contributed by atoms with E-state index in [0.717, 1.165) is 18.1 Å². The molecule has 2 heteroatoms. The van der Waals surface area contributed by atoms with Crippen molar-refractivity contribution < 1.29 is 0 Å². The zero-order valence-electron chi connectivity index (χ0n) is 10.7. The minimum Gasteiger partial charge on any atom is -0.310 e. The van der Waals surface area contributed by atoms with Crippen LogP contribution in [0.2, 0.25) is 0 Å². The lowest BCUT2D eigenvalue weighted by atomic mass is 9.82. The van der Waals surface area contributed by atoms with E-state index in [-0.39, 0.29) is 5.54 Å². The molecule has 0 aromatic heterocycles. The van der Waals surface area contributed by atoms with Gasteiger partial charge < -0.3 is 10.7 Å². The smallest absolute Gasteiger partial charge is 0.00990 e. The highest BCUT2D eigenvalue weighted by atomic mass is 15.0. The summed E-state index contributed by atoms with van der Waals surface area (Å²) in [5, 5.41) is 11.2. The fourth-order valence-corrected chi connectivity index (χ4v) is 2.56. The van der Waals surface area contributed by atoms with Gasteiger partial charge in [-0.1, -0.05) is 0 Å². The first-order valence-electron chi connectivity index (χ1n) is 6.18. The Hall–Kier alpha value is -0.370. The summed E-state index contributed by atoms with van der Waals surface area (Å²) in [5.41, 5.74) is 1.09. The van der Waals surface area contributed by atoms with Gasteiger partial charge in [-0.15, -0.1) is 0 Å². The molecule has 0 amide bonds. The van der Waals surface area contributed by atoms with Gasteiger partial charge in [-0.25, -0.2) is 0 Å². The molecule has 1 rings (SSSR count). The maximum atomic E-state index is 7.51. The minimum atomic E-state index is 0.245. The number of hydrogen-bond donors (Lipinski definition) is 2. The molecule has 0 aliphatic heterocycles. The van der Waals surface area contributed by atoms with Crippen molar-refractivity contribution in [3.63, 3.8) is 0 Å². The van der Waals surface area contributed by atoms with Gasteiger partial charge in [0.15, 0.2) is 0 Å². The van der Waals surface area contributed by atoms with Crippen molar-refractivity contribution in [1.82, 2.24) is 5.32 Å². The van der Waals surface area contributed by atoms with Crippen LogP contribution in [0, 0.1) is 11.3 Å². The first-order valence-corrected chi connectivity index (χ1v) is 6.18. The lowest BCUT2D eigenvalue weighted by Crippen LogP contribution is -2.45. The predicted molar refractivity (Wildman–Crippen MR) is 66.7 cm³/mol. The summed E-state index contributed by atoms with van der Waals surface area (Å²) < 4.78 is 0. The standard InChI is InChI=1S/C13H26N2/c1-10(14)9-11-5-7-12(8-6-11)15-13(2,3)4/h11-12,14-15H,5-9H2,1-4H3. The van der Waals surface area contributed by atoms with Crippen LogP contribution in [-0.2, 0) is 0 Å². The third kappa shape index (κ3) is 5.31. The zero-order valence-corrected chi connectivity index (χ0v) is 10.7. The van der Waals surface area contributed by atoms with E-state index in [0.29, 0.717) is 6.04 Å². The van der Waals surface area contributed by atoms with E-state index in [2.05, 4.69) is 26.1 Å². The monoisotopic (exact) mass is 210 g/mol. The third-order valence-corrected chi connectivity index (χ3v) is 3.08. The molecule has 0 aromatic carbocycles. The van der Waals surface area contributed by atoms with Crippen LogP contribution in [0.15, 0.2) is 0 Å². The molecule has 0 unspecified atom stereocenters. The van der Waals surface area contributed by atoms with Crippen LogP contribution in [0.4, 0.5) is 0 Å². The fraction of sp³-hybridized carbons (Fsp3) is 0.923. The molecule has 0 spiro atoms. The van der Waals surface area contributed by atoms with Crippen LogP contribution < -0.4 is 5.32 Å². The van der Waals surface area contributed by atoms with E-state index in [4.69, 9.17) is 5.41 Å². The van der Waals surface area contributed by atoms with E-state index >= 15 is 0 Å². The average Bonchev–Trinajstić information content (AvgIpc) is 2.05. The summed E-state index contributed by atoms with van der Waals surface area (Å²) in [6.45, 7) is 8.64. The van der Waals surface area contributed by atoms with Crippen LogP contribution in [-0.4, -0.2) is 17.3 Å². The molecule has 0 saturated heterocycles. The van der Waals surface area contributed by atoms with Crippen molar-refractivity contribution >= 4 is 5.71 Å². The number of nitrogens with one attached hydrogen (secondary N) is 2. The Bertz CT molecular complexity index is 207. The lowest BCUT2D eigenvalue weighted by molar-refractivity contribution is 0.253. The molecular weight excluding hydrogens is 184 g/mol. The van der Waals surface area contributed by atoms with Gasteiger partial charge in [0, 0.05) is 17.3 Å². The Labute approximate surface area is 94.3 Å². The molecule has 0 heterocycles. The molecule has 2 nitrogen and oxygen atoms in total. The van der Waals surface area contributed by atoms with E-state index in [1.807, 2.05) is 6.92 Å². The Kier molecular flexibility index (Phi) is 4.32. The summed E-state index contributed by atoms with van der Waals surface area (Å²) >= 11 is 0. The van der Waals surface area contributed by atoms with Crippen molar-refractivity contribution in [2.45, 2.75) is 71.4 Å². The SMILES string of the molecule is CC(=N)CC1CCC(NC(C)(C)C)CC1. The van der Waals surface area contributed by atoms with Crippen molar-refractivity contribution in [2.24, 2.45) is 5.92 Å². The van der Waals surface area contributed by atoms with Crippen LogP contribution in [0.3, 0.4) is 0 Å². The van der Waals surface area contributed by atoms with Gasteiger partial charge in [0.25, 0.3) is 0 Å². The van der Waals surface area contributed by atoms with Crippen molar-refractivity contribution in [1.29, 1.82) is 5.41 Å². The molecule has 0 radical (unpaired) electrons. The molecule has 0 atom stereocenters. The number of hydrogen-bond acceptors (Lipinski definition) is 2. The molecule has 0 bridgehead atoms. The predicted octanol–water partition coefficient (Wildman–Crippen LogP) is 3.36. The van der Waals surface area contributed by atoms with Gasteiger partial charge in [-0.05, 0) is 65.7 Å². The molecule has 1 aliphatic rings. The normalized spacial score (nSPS) is 27.7. The Morgan fingerprint density at radius 2 is 1.73 bits per heavy atom. The third-order valence-electron chi connectivity index (χ3n) is 3.08. The summed E-state index contributed by atoms with van der Waals surface area (Å²) in [6.07, 6.45) is 6.18. The zero-order chi connectivity index (χ0) is 11.5. The molecule has 88 valence electrons. The van der Waals surface area contributed by atoms with Gasteiger partial charge in [-0.3, -0.25) is 0 Å². The summed E-state index contributed by atoms with van der Waals surface area (Å²) in [6, 6.07) is 0.701. The highest BCUT2D eigenvalue weighted by molar-refractivity contribution is 5.78. The van der Waals surface area contributed by atoms with E-state index in [1.165, 1.54) is 25.7 Å². The first-order chi connectivity index (χ1) is 6.87. The van der Waals surface area contributed by atoms with Gasteiger partial charge in [0.2, 0.25) is 0 Å². The molecular formula is C13H26N2. The second-order valence-electron chi connectivity index (χ2n) is 6.10. The van der Waals surface area contributed by atoms with E-state index in [1.54, 1.807) is 0 Å². The topological polar surface area (TPSA) is 35.9 Å². The van der Waals surface area contributed by atoms with Crippen LogP contribution in [0.1, 0.15) is 59.8 Å². The fourth-order valence-electron chi connectivity index (χ4n) is 2.56. The van der Waals surface area contributed by atoms with Crippen LogP contribution in [0.5, 0.6) is 0 Å². The Morgan fingerprint density at radius 1 is 1.20 bits per heavy atom. The summed E-state index contributed by atoms with van der Waals surface area (Å²) in [4.78, 5) is 0. The van der Waals surface area contributed by atoms with Crippen LogP contribution >= 0.6 is 0 Å². The molecule has 1 aliphatic carbocycles. The van der Waals surface area contributed by atoms with Crippen molar-refractivity contribution in [3.8, 4) is 0 Å². The van der Waals surface area contributed by atoms with Gasteiger partial charge in [-0.2, -0.15) is 0 Å². The minimum absolute atomic E-state index is 0.245. The van der Waals surface area contributed by atoms with Gasteiger partial charge in [0.1, 0.15) is 0 Å². The summed E-state index contributed by atoms with van der Waals surface area (Å²) in [7, 11) is 0. The molecule has 2 N–H and O–H groups in total. The quantitative estimate of drug-likeness (QED) is 0.688.